The van der Waals surface area contributed by atoms with Crippen molar-refractivity contribution in [2.24, 2.45) is 5.92 Å². The van der Waals surface area contributed by atoms with Crippen molar-refractivity contribution in [3.05, 3.63) is 34.9 Å². The standard InChI is InChI=1S/C16H24ClNO/c1-13(2)16(14-3-5-15(17)6-4-14)7-8-18-9-11-19-12-10-18/h3-6,13,16H,7-12H2,1-2H3/p+1/t16-/m1/s1. The van der Waals surface area contributed by atoms with E-state index in [0.717, 1.165) is 31.3 Å². The Labute approximate surface area is 121 Å². The molecule has 2 rings (SSSR count). The lowest BCUT2D eigenvalue weighted by atomic mass is 9.85. The summed E-state index contributed by atoms with van der Waals surface area (Å²) in [6.45, 7) is 10.0. The van der Waals surface area contributed by atoms with Gasteiger partial charge in [0.05, 0.1) is 19.8 Å². The van der Waals surface area contributed by atoms with Crippen LogP contribution in [0.2, 0.25) is 5.02 Å². The Balaban J connectivity index is 1.94. The zero-order valence-corrected chi connectivity index (χ0v) is 12.7. The van der Waals surface area contributed by atoms with E-state index in [2.05, 4.69) is 26.0 Å². The number of halogens is 1. The van der Waals surface area contributed by atoms with E-state index in [9.17, 15) is 0 Å². The van der Waals surface area contributed by atoms with Crippen LogP contribution in [0.4, 0.5) is 0 Å². The number of quaternary nitrogens is 1. The van der Waals surface area contributed by atoms with Crippen LogP contribution < -0.4 is 4.90 Å². The van der Waals surface area contributed by atoms with Gasteiger partial charge in [-0.1, -0.05) is 37.6 Å². The minimum absolute atomic E-state index is 0.632. The molecule has 1 aromatic rings. The largest absolute Gasteiger partial charge is 0.370 e. The van der Waals surface area contributed by atoms with Crippen LogP contribution in [-0.2, 0) is 4.74 Å². The van der Waals surface area contributed by atoms with Gasteiger partial charge in [-0.2, -0.15) is 0 Å². The number of hydrogen-bond donors (Lipinski definition) is 1. The van der Waals surface area contributed by atoms with Crippen LogP contribution in [0.15, 0.2) is 24.3 Å². The van der Waals surface area contributed by atoms with Gasteiger partial charge >= 0.3 is 0 Å². The minimum atomic E-state index is 0.632. The summed E-state index contributed by atoms with van der Waals surface area (Å²) >= 11 is 5.98. The van der Waals surface area contributed by atoms with Crippen molar-refractivity contribution in [2.75, 3.05) is 32.8 Å². The summed E-state index contributed by atoms with van der Waals surface area (Å²) in [7, 11) is 0. The molecule has 3 heteroatoms. The van der Waals surface area contributed by atoms with Crippen LogP contribution in [0.1, 0.15) is 31.7 Å². The van der Waals surface area contributed by atoms with Crippen molar-refractivity contribution in [3.63, 3.8) is 0 Å². The minimum Gasteiger partial charge on any atom is -0.370 e. The van der Waals surface area contributed by atoms with Crippen molar-refractivity contribution in [1.29, 1.82) is 0 Å². The van der Waals surface area contributed by atoms with Crippen LogP contribution in [0.25, 0.3) is 0 Å². The molecule has 0 spiro atoms. The smallest absolute Gasteiger partial charge is 0.101 e. The first-order valence-electron chi connectivity index (χ1n) is 7.33. The zero-order chi connectivity index (χ0) is 13.7. The van der Waals surface area contributed by atoms with Crippen molar-refractivity contribution in [2.45, 2.75) is 26.2 Å². The van der Waals surface area contributed by atoms with Gasteiger partial charge in [0.2, 0.25) is 0 Å². The third kappa shape index (κ3) is 4.48. The summed E-state index contributed by atoms with van der Waals surface area (Å²) in [5, 5.41) is 0.824. The molecule has 1 saturated heterocycles. The average molecular weight is 283 g/mol. The predicted octanol–water partition coefficient (Wildman–Crippen LogP) is 2.38. The summed E-state index contributed by atoms with van der Waals surface area (Å²) in [5.74, 6) is 1.30. The number of morpholine rings is 1. The first-order valence-corrected chi connectivity index (χ1v) is 7.71. The van der Waals surface area contributed by atoms with Crippen LogP contribution in [0.5, 0.6) is 0 Å². The van der Waals surface area contributed by atoms with E-state index in [1.54, 1.807) is 4.90 Å². The molecule has 0 aliphatic carbocycles. The van der Waals surface area contributed by atoms with E-state index in [1.807, 2.05) is 12.1 Å². The highest BCUT2D eigenvalue weighted by atomic mass is 35.5. The fraction of sp³-hybridized carbons (Fsp3) is 0.625. The quantitative estimate of drug-likeness (QED) is 0.875. The monoisotopic (exact) mass is 282 g/mol. The number of hydrogen-bond acceptors (Lipinski definition) is 1. The van der Waals surface area contributed by atoms with Gasteiger partial charge in [-0.05, 0) is 29.5 Å². The topological polar surface area (TPSA) is 13.7 Å². The normalized spacial score (nSPS) is 18.7. The van der Waals surface area contributed by atoms with E-state index < -0.39 is 0 Å². The maximum absolute atomic E-state index is 5.98. The second-order valence-corrected chi connectivity index (χ2v) is 6.24. The van der Waals surface area contributed by atoms with Crippen molar-refractivity contribution in [3.8, 4) is 0 Å². The van der Waals surface area contributed by atoms with Gasteiger partial charge in [-0.3, -0.25) is 0 Å². The van der Waals surface area contributed by atoms with Gasteiger partial charge in [0.25, 0.3) is 0 Å². The lowest BCUT2D eigenvalue weighted by Crippen LogP contribution is -3.14. The molecule has 1 fully saturated rings. The first-order chi connectivity index (χ1) is 9.16. The molecule has 0 radical (unpaired) electrons. The van der Waals surface area contributed by atoms with Gasteiger partial charge in [-0.25, -0.2) is 0 Å². The molecule has 0 saturated carbocycles. The van der Waals surface area contributed by atoms with Crippen molar-refractivity contribution < 1.29 is 9.64 Å². The summed E-state index contributed by atoms with van der Waals surface area (Å²) in [4.78, 5) is 1.69. The lowest BCUT2D eigenvalue weighted by molar-refractivity contribution is -0.908. The number of ether oxygens (including phenoxy) is 1. The molecule has 1 heterocycles. The summed E-state index contributed by atoms with van der Waals surface area (Å²) < 4.78 is 5.42. The van der Waals surface area contributed by atoms with Gasteiger partial charge in [0, 0.05) is 11.4 Å². The van der Waals surface area contributed by atoms with E-state index >= 15 is 0 Å². The van der Waals surface area contributed by atoms with Gasteiger partial charge in [0.15, 0.2) is 0 Å². The second-order valence-electron chi connectivity index (χ2n) is 5.80. The molecule has 0 bridgehead atoms. The molecule has 1 aliphatic rings. The van der Waals surface area contributed by atoms with Crippen LogP contribution >= 0.6 is 11.6 Å². The van der Waals surface area contributed by atoms with Crippen LogP contribution in [0.3, 0.4) is 0 Å². The molecule has 1 aliphatic heterocycles. The van der Waals surface area contributed by atoms with Gasteiger partial charge < -0.3 is 9.64 Å². The molecular weight excluding hydrogens is 258 g/mol. The van der Waals surface area contributed by atoms with Crippen molar-refractivity contribution >= 4 is 11.6 Å². The highest BCUT2D eigenvalue weighted by molar-refractivity contribution is 6.30. The predicted molar refractivity (Wildman–Crippen MR) is 80.0 cm³/mol. The molecule has 106 valence electrons. The Morgan fingerprint density at radius 2 is 1.79 bits per heavy atom. The maximum Gasteiger partial charge on any atom is 0.101 e. The molecule has 0 unspecified atom stereocenters. The number of benzene rings is 1. The van der Waals surface area contributed by atoms with Crippen LogP contribution in [0, 0.1) is 5.92 Å². The van der Waals surface area contributed by atoms with E-state index in [-0.39, 0.29) is 0 Å². The number of rotatable bonds is 5. The Kier molecular flexibility index (Phi) is 5.68. The molecular formula is C16H25ClNO+. The van der Waals surface area contributed by atoms with Gasteiger partial charge in [-0.15, -0.1) is 0 Å². The molecule has 1 atom stereocenters. The fourth-order valence-electron chi connectivity index (χ4n) is 2.86. The van der Waals surface area contributed by atoms with Gasteiger partial charge in [0.1, 0.15) is 13.1 Å². The molecule has 0 amide bonds. The van der Waals surface area contributed by atoms with E-state index in [0.29, 0.717) is 11.8 Å². The second kappa shape index (κ2) is 7.28. The lowest BCUT2D eigenvalue weighted by Gasteiger charge is -2.27. The third-order valence-electron chi connectivity index (χ3n) is 4.11. The fourth-order valence-corrected chi connectivity index (χ4v) is 2.99. The summed E-state index contributed by atoms with van der Waals surface area (Å²) in [6.07, 6.45) is 1.24. The Morgan fingerprint density at radius 3 is 2.37 bits per heavy atom. The van der Waals surface area contributed by atoms with E-state index in [1.165, 1.54) is 18.5 Å². The Hall–Kier alpha value is -0.570. The summed E-state index contributed by atoms with van der Waals surface area (Å²) in [6, 6.07) is 8.38. The van der Waals surface area contributed by atoms with Crippen LogP contribution in [-0.4, -0.2) is 32.8 Å². The SMILES string of the molecule is CC(C)[C@@H](CC[NH+]1CCOCC1)c1ccc(Cl)cc1. The number of nitrogens with one attached hydrogen (secondary N) is 1. The Bertz CT molecular complexity index is 371. The molecule has 0 aromatic heterocycles. The zero-order valence-electron chi connectivity index (χ0n) is 12.0. The average Bonchev–Trinajstić information content (AvgIpc) is 2.42. The Morgan fingerprint density at radius 1 is 1.16 bits per heavy atom. The highest BCUT2D eigenvalue weighted by Gasteiger charge is 2.20. The molecule has 19 heavy (non-hydrogen) atoms. The third-order valence-corrected chi connectivity index (χ3v) is 4.36. The summed E-state index contributed by atoms with van der Waals surface area (Å²) in [5.41, 5.74) is 1.42. The van der Waals surface area contributed by atoms with E-state index in [4.69, 9.17) is 16.3 Å². The molecule has 2 nitrogen and oxygen atoms in total. The van der Waals surface area contributed by atoms with Crippen molar-refractivity contribution in [1.82, 2.24) is 0 Å². The molecule has 1 aromatic carbocycles. The molecule has 1 N–H and O–H groups in total. The first kappa shape index (κ1) is 14.8. The highest BCUT2D eigenvalue weighted by Crippen LogP contribution is 2.28. The maximum atomic E-state index is 5.98.